The molecular formula is C44H22N4S2. The first-order valence-corrected chi connectivity index (χ1v) is 18.0. The van der Waals surface area contributed by atoms with Crippen molar-refractivity contribution in [1.82, 2.24) is 9.13 Å². The van der Waals surface area contributed by atoms with Gasteiger partial charge in [-0.05, 0) is 96.4 Å². The fourth-order valence-electron chi connectivity index (χ4n) is 7.93. The van der Waals surface area contributed by atoms with Crippen molar-refractivity contribution in [3.05, 3.63) is 150 Å². The molecule has 0 bridgehead atoms. The average molecular weight is 671 g/mol. The maximum absolute atomic E-state index is 9.83. The number of nitrogens with zero attached hydrogens (tertiary/aromatic N) is 4. The molecule has 0 atom stereocenters. The smallest absolute Gasteiger partial charge is 0.188 e. The van der Waals surface area contributed by atoms with Gasteiger partial charge in [-0.15, -0.1) is 22.7 Å². The van der Waals surface area contributed by atoms with Crippen molar-refractivity contribution >= 4 is 112 Å². The van der Waals surface area contributed by atoms with Crippen molar-refractivity contribution in [2.24, 2.45) is 0 Å². The molecular weight excluding hydrogens is 649 g/mol. The van der Waals surface area contributed by atoms with E-state index in [1.54, 1.807) is 0 Å². The summed E-state index contributed by atoms with van der Waals surface area (Å²) in [4.78, 5) is 3.70. The molecule has 6 heteroatoms. The minimum Gasteiger partial charge on any atom is -0.309 e. The van der Waals surface area contributed by atoms with Crippen LogP contribution in [-0.2, 0) is 0 Å². The van der Waals surface area contributed by atoms with Crippen molar-refractivity contribution in [2.75, 3.05) is 0 Å². The van der Waals surface area contributed by atoms with Crippen LogP contribution < -0.4 is 0 Å². The lowest BCUT2D eigenvalue weighted by Gasteiger charge is -2.10. The van der Waals surface area contributed by atoms with Gasteiger partial charge in [0.05, 0.1) is 40.3 Å². The van der Waals surface area contributed by atoms with Gasteiger partial charge in [0.25, 0.3) is 0 Å². The zero-order chi connectivity index (χ0) is 33.1. The standard InChI is InChI=1S/C44H22N4S2/c1-46-26-11-15-39-32(19-26)29-6-2-4-8-37(29)47(39)27-12-16-42-34(20-27)35-21-28(13-17-43(35)49-42)48-38-14-10-25(24-45)18-31(38)33-22-36-30-7-3-5-9-41(30)50-44(36)23-40(33)48/h2-23H. The van der Waals surface area contributed by atoms with Crippen molar-refractivity contribution < 1.29 is 0 Å². The van der Waals surface area contributed by atoms with Gasteiger partial charge in [0.2, 0.25) is 0 Å². The summed E-state index contributed by atoms with van der Waals surface area (Å²) in [5.41, 5.74) is 7.94. The third-order valence-electron chi connectivity index (χ3n) is 10.1. The first kappa shape index (κ1) is 27.5. The molecule has 0 amide bonds. The van der Waals surface area contributed by atoms with Crippen molar-refractivity contribution in [2.45, 2.75) is 0 Å². The lowest BCUT2D eigenvalue weighted by Crippen LogP contribution is -1.94. The summed E-state index contributed by atoms with van der Waals surface area (Å²) in [6, 6.07) is 49.7. The zero-order valence-corrected chi connectivity index (χ0v) is 27.9. The number of rotatable bonds is 2. The van der Waals surface area contributed by atoms with Crippen LogP contribution in [0.3, 0.4) is 0 Å². The number of nitriles is 1. The molecule has 11 aromatic rings. The van der Waals surface area contributed by atoms with E-state index < -0.39 is 0 Å². The Labute approximate surface area is 293 Å². The molecule has 7 aromatic carbocycles. The van der Waals surface area contributed by atoms with Crippen LogP contribution in [0.1, 0.15) is 5.56 Å². The van der Waals surface area contributed by atoms with E-state index in [0.717, 1.165) is 55.0 Å². The highest BCUT2D eigenvalue weighted by Gasteiger charge is 2.18. The second kappa shape index (κ2) is 10.0. The Kier molecular flexibility index (Phi) is 5.52. The van der Waals surface area contributed by atoms with Crippen molar-refractivity contribution in [3.8, 4) is 17.4 Å². The molecule has 0 N–H and O–H groups in total. The fourth-order valence-corrected chi connectivity index (χ4v) is 10.1. The van der Waals surface area contributed by atoms with E-state index >= 15 is 0 Å². The van der Waals surface area contributed by atoms with E-state index in [0.29, 0.717) is 11.3 Å². The van der Waals surface area contributed by atoms with Crippen LogP contribution in [0.4, 0.5) is 5.69 Å². The van der Waals surface area contributed by atoms with Gasteiger partial charge in [0.1, 0.15) is 0 Å². The number of thiophene rings is 2. The zero-order valence-electron chi connectivity index (χ0n) is 26.3. The Hall–Kier alpha value is -6.44. The molecule has 11 rings (SSSR count). The van der Waals surface area contributed by atoms with Crippen LogP contribution in [0.15, 0.2) is 133 Å². The van der Waals surface area contributed by atoms with Crippen LogP contribution in [0.5, 0.6) is 0 Å². The predicted octanol–water partition coefficient (Wildman–Crippen LogP) is 13.0. The van der Waals surface area contributed by atoms with Gasteiger partial charge in [-0.25, -0.2) is 4.85 Å². The number of aromatic nitrogens is 2. The van der Waals surface area contributed by atoms with E-state index in [-0.39, 0.29) is 0 Å². The molecule has 0 aliphatic carbocycles. The number of benzene rings is 7. The molecule has 4 aromatic heterocycles. The molecule has 0 radical (unpaired) electrons. The normalized spacial score (nSPS) is 12.0. The summed E-state index contributed by atoms with van der Waals surface area (Å²) >= 11 is 3.64. The summed E-state index contributed by atoms with van der Waals surface area (Å²) in [6.07, 6.45) is 0. The topological polar surface area (TPSA) is 38.0 Å². The van der Waals surface area contributed by atoms with Crippen LogP contribution in [0.25, 0.3) is 100 Å². The largest absolute Gasteiger partial charge is 0.309 e. The minimum atomic E-state index is 0.647. The van der Waals surface area contributed by atoms with Crippen LogP contribution in [0.2, 0.25) is 0 Å². The molecule has 0 unspecified atom stereocenters. The number of hydrogen-bond donors (Lipinski definition) is 0. The third-order valence-corrected chi connectivity index (χ3v) is 12.4. The van der Waals surface area contributed by atoms with Crippen LogP contribution in [0, 0.1) is 17.9 Å². The van der Waals surface area contributed by atoms with Crippen LogP contribution >= 0.6 is 22.7 Å². The van der Waals surface area contributed by atoms with Crippen LogP contribution in [-0.4, -0.2) is 9.13 Å². The molecule has 0 saturated carbocycles. The predicted molar refractivity (Wildman–Crippen MR) is 212 cm³/mol. The highest BCUT2D eigenvalue weighted by Crippen LogP contribution is 2.43. The van der Waals surface area contributed by atoms with E-state index in [4.69, 9.17) is 6.57 Å². The lowest BCUT2D eigenvalue weighted by atomic mass is 10.1. The Bertz CT molecular complexity index is 3360. The summed E-state index contributed by atoms with van der Waals surface area (Å²) in [5.74, 6) is 0. The van der Waals surface area contributed by atoms with E-state index in [9.17, 15) is 5.26 Å². The molecule has 0 fully saturated rings. The van der Waals surface area contributed by atoms with E-state index in [1.807, 2.05) is 46.9 Å². The summed E-state index contributed by atoms with van der Waals surface area (Å²) in [7, 11) is 0. The first-order valence-electron chi connectivity index (χ1n) is 16.3. The van der Waals surface area contributed by atoms with Gasteiger partial charge in [-0.3, -0.25) is 0 Å². The van der Waals surface area contributed by atoms with E-state index in [2.05, 4.69) is 129 Å². The maximum Gasteiger partial charge on any atom is 0.188 e. The summed E-state index contributed by atoms with van der Waals surface area (Å²) in [6.45, 7) is 7.59. The average Bonchev–Trinajstić information content (AvgIpc) is 3.90. The Morgan fingerprint density at radius 3 is 1.80 bits per heavy atom. The highest BCUT2D eigenvalue weighted by atomic mass is 32.1. The van der Waals surface area contributed by atoms with Gasteiger partial charge < -0.3 is 9.13 Å². The third kappa shape index (κ3) is 3.72. The maximum atomic E-state index is 9.83. The summed E-state index contributed by atoms with van der Waals surface area (Å²) < 4.78 is 9.70. The molecule has 4 heterocycles. The SMILES string of the molecule is [C-]#[N+]c1ccc2c(c1)c1ccccc1n2-c1ccc2sc3ccc(-n4c5ccc(C#N)cc5c5cc6c(cc54)sc4ccccc46)cc3c2c1. The van der Waals surface area contributed by atoms with Gasteiger partial charge in [-0.2, -0.15) is 5.26 Å². The highest BCUT2D eigenvalue weighted by molar-refractivity contribution is 7.26. The molecule has 0 aliphatic rings. The van der Waals surface area contributed by atoms with E-state index in [1.165, 1.54) is 40.3 Å². The monoisotopic (exact) mass is 670 g/mol. The Morgan fingerprint density at radius 2 is 1.04 bits per heavy atom. The quantitative estimate of drug-likeness (QED) is 0.169. The Balaban J connectivity index is 1.17. The Morgan fingerprint density at radius 1 is 0.460 bits per heavy atom. The number of para-hydroxylation sites is 1. The lowest BCUT2D eigenvalue weighted by molar-refractivity contribution is 1.18. The van der Waals surface area contributed by atoms with Gasteiger partial charge >= 0.3 is 0 Å². The molecule has 230 valence electrons. The molecule has 0 saturated heterocycles. The van der Waals surface area contributed by atoms with Crippen molar-refractivity contribution in [1.29, 1.82) is 5.26 Å². The number of hydrogen-bond acceptors (Lipinski definition) is 3. The molecule has 0 spiro atoms. The second-order valence-corrected chi connectivity index (χ2v) is 14.9. The van der Waals surface area contributed by atoms with Gasteiger partial charge in [0.15, 0.2) is 5.69 Å². The minimum absolute atomic E-state index is 0.647. The van der Waals surface area contributed by atoms with Gasteiger partial charge in [0, 0.05) is 67.9 Å². The van der Waals surface area contributed by atoms with Gasteiger partial charge in [-0.1, -0.05) is 42.5 Å². The molecule has 4 nitrogen and oxygen atoms in total. The fraction of sp³-hybridized carbons (Fsp3) is 0. The van der Waals surface area contributed by atoms with Crippen molar-refractivity contribution in [3.63, 3.8) is 0 Å². The second-order valence-electron chi connectivity index (χ2n) is 12.8. The summed E-state index contributed by atoms with van der Waals surface area (Å²) in [5, 5.41) is 19.2. The first-order chi connectivity index (χ1) is 24.7. The molecule has 0 aliphatic heterocycles. The molecule has 50 heavy (non-hydrogen) atoms. The number of fused-ring (bicyclic) bond motifs is 12.